The van der Waals surface area contributed by atoms with E-state index >= 15 is 0 Å². The standard InChI is InChI=1S/C25H16BrNO2/c26-17-8-5-7-16(15-17)25(28)27-22-13-3-1-9-18(22)20-11-6-12-21-19-10-2-4-14-23(19)29-24(20)21/h1-15H,(H,27,28). The van der Waals surface area contributed by atoms with Gasteiger partial charge in [-0.15, -0.1) is 0 Å². The van der Waals surface area contributed by atoms with Gasteiger partial charge in [0.15, 0.2) is 0 Å². The summed E-state index contributed by atoms with van der Waals surface area (Å²) in [5.74, 6) is -0.157. The summed E-state index contributed by atoms with van der Waals surface area (Å²) >= 11 is 3.42. The molecular formula is C25H16BrNO2. The monoisotopic (exact) mass is 441 g/mol. The highest BCUT2D eigenvalue weighted by Gasteiger charge is 2.15. The summed E-state index contributed by atoms with van der Waals surface area (Å²) in [5, 5.41) is 5.19. The first kappa shape index (κ1) is 17.7. The smallest absolute Gasteiger partial charge is 0.255 e. The number of rotatable bonds is 3. The van der Waals surface area contributed by atoms with Gasteiger partial charge in [-0.05, 0) is 30.3 Å². The van der Waals surface area contributed by atoms with Gasteiger partial charge in [-0.3, -0.25) is 4.79 Å². The van der Waals surface area contributed by atoms with Crippen LogP contribution in [0.1, 0.15) is 10.4 Å². The third kappa shape index (κ3) is 3.22. The first-order valence-electron chi connectivity index (χ1n) is 9.27. The van der Waals surface area contributed by atoms with E-state index < -0.39 is 0 Å². The third-order valence-electron chi connectivity index (χ3n) is 4.96. The number of hydrogen-bond acceptors (Lipinski definition) is 2. The van der Waals surface area contributed by atoms with Crippen LogP contribution in [0.3, 0.4) is 0 Å². The molecule has 0 saturated heterocycles. The molecular weight excluding hydrogens is 426 g/mol. The Balaban J connectivity index is 1.62. The molecule has 4 heteroatoms. The van der Waals surface area contributed by atoms with Gasteiger partial charge in [0.1, 0.15) is 11.2 Å². The molecule has 0 spiro atoms. The predicted molar refractivity (Wildman–Crippen MR) is 121 cm³/mol. The highest BCUT2D eigenvalue weighted by Crippen LogP contribution is 2.38. The van der Waals surface area contributed by atoms with Gasteiger partial charge in [0.05, 0.1) is 0 Å². The Morgan fingerprint density at radius 2 is 1.48 bits per heavy atom. The van der Waals surface area contributed by atoms with Crippen LogP contribution in [-0.2, 0) is 0 Å². The highest BCUT2D eigenvalue weighted by atomic mass is 79.9. The number of amides is 1. The Labute approximate surface area is 176 Å². The second-order valence-corrected chi connectivity index (χ2v) is 7.71. The van der Waals surface area contributed by atoms with Crippen LogP contribution in [0.5, 0.6) is 0 Å². The topological polar surface area (TPSA) is 42.2 Å². The molecule has 1 aromatic heterocycles. The van der Waals surface area contributed by atoms with Crippen LogP contribution < -0.4 is 5.32 Å². The molecule has 140 valence electrons. The lowest BCUT2D eigenvalue weighted by Gasteiger charge is -2.12. The molecule has 0 aliphatic carbocycles. The van der Waals surface area contributed by atoms with Gasteiger partial charge in [0, 0.05) is 37.6 Å². The van der Waals surface area contributed by atoms with E-state index in [1.54, 1.807) is 12.1 Å². The number of hydrogen-bond donors (Lipinski definition) is 1. The largest absolute Gasteiger partial charge is 0.455 e. The molecule has 0 saturated carbocycles. The molecule has 1 amide bonds. The quantitative estimate of drug-likeness (QED) is 0.319. The Hall–Kier alpha value is -3.37. The van der Waals surface area contributed by atoms with Crippen molar-refractivity contribution in [1.29, 1.82) is 0 Å². The van der Waals surface area contributed by atoms with E-state index in [-0.39, 0.29) is 5.91 Å². The molecule has 0 atom stereocenters. The van der Waals surface area contributed by atoms with Gasteiger partial charge >= 0.3 is 0 Å². The predicted octanol–water partition coefficient (Wildman–Crippen LogP) is 7.27. The molecule has 5 aromatic rings. The van der Waals surface area contributed by atoms with E-state index in [1.807, 2.05) is 66.7 Å². The van der Waals surface area contributed by atoms with Crippen molar-refractivity contribution in [2.45, 2.75) is 0 Å². The van der Waals surface area contributed by atoms with Crippen LogP contribution in [0.15, 0.2) is 99.9 Å². The lowest BCUT2D eigenvalue weighted by Crippen LogP contribution is -2.12. The molecule has 1 N–H and O–H groups in total. The SMILES string of the molecule is O=C(Nc1ccccc1-c1cccc2c1oc1ccccc12)c1cccc(Br)c1. The van der Waals surface area contributed by atoms with Gasteiger partial charge in [0.2, 0.25) is 0 Å². The normalized spacial score (nSPS) is 11.1. The summed E-state index contributed by atoms with van der Waals surface area (Å²) in [4.78, 5) is 12.8. The van der Waals surface area contributed by atoms with Crippen molar-refractivity contribution in [3.05, 3.63) is 101 Å². The molecule has 0 radical (unpaired) electrons. The van der Waals surface area contributed by atoms with Crippen molar-refractivity contribution in [3.63, 3.8) is 0 Å². The Morgan fingerprint density at radius 3 is 2.38 bits per heavy atom. The molecule has 0 aliphatic rings. The fraction of sp³-hybridized carbons (Fsp3) is 0. The zero-order valence-corrected chi connectivity index (χ0v) is 16.9. The lowest BCUT2D eigenvalue weighted by molar-refractivity contribution is 0.102. The summed E-state index contributed by atoms with van der Waals surface area (Å²) in [5.41, 5.74) is 4.87. The zero-order valence-electron chi connectivity index (χ0n) is 15.4. The number of nitrogens with one attached hydrogen (secondary N) is 1. The maximum Gasteiger partial charge on any atom is 0.255 e. The molecule has 5 rings (SSSR count). The van der Waals surface area contributed by atoms with Gasteiger partial charge in [0.25, 0.3) is 5.91 Å². The van der Waals surface area contributed by atoms with E-state index in [0.717, 1.165) is 43.2 Å². The van der Waals surface area contributed by atoms with E-state index in [4.69, 9.17) is 4.42 Å². The number of benzene rings is 4. The van der Waals surface area contributed by atoms with E-state index in [2.05, 4.69) is 33.4 Å². The minimum atomic E-state index is -0.157. The molecule has 4 aromatic carbocycles. The molecule has 0 fully saturated rings. The number of para-hydroxylation sites is 3. The summed E-state index contributed by atoms with van der Waals surface area (Å²) < 4.78 is 7.05. The van der Waals surface area contributed by atoms with E-state index in [1.165, 1.54) is 0 Å². The van der Waals surface area contributed by atoms with Crippen LogP contribution in [0.25, 0.3) is 33.1 Å². The molecule has 0 unspecified atom stereocenters. The lowest BCUT2D eigenvalue weighted by atomic mass is 10.0. The summed E-state index contributed by atoms with van der Waals surface area (Å²) in [6.07, 6.45) is 0. The van der Waals surface area contributed by atoms with Crippen molar-refractivity contribution >= 4 is 49.5 Å². The van der Waals surface area contributed by atoms with Crippen LogP contribution >= 0.6 is 15.9 Å². The Bertz CT molecular complexity index is 1370. The van der Waals surface area contributed by atoms with E-state index in [0.29, 0.717) is 5.56 Å². The summed E-state index contributed by atoms with van der Waals surface area (Å²) in [6, 6.07) is 29.2. The van der Waals surface area contributed by atoms with Gasteiger partial charge in [-0.2, -0.15) is 0 Å². The second-order valence-electron chi connectivity index (χ2n) is 6.79. The van der Waals surface area contributed by atoms with Gasteiger partial charge < -0.3 is 9.73 Å². The average Bonchev–Trinajstić information content (AvgIpc) is 3.13. The highest BCUT2D eigenvalue weighted by molar-refractivity contribution is 9.10. The van der Waals surface area contributed by atoms with Crippen LogP contribution in [0, 0.1) is 0 Å². The number of furan rings is 1. The Kier molecular flexibility index (Phi) is 4.41. The fourth-order valence-electron chi connectivity index (χ4n) is 3.61. The molecule has 0 aliphatic heterocycles. The number of halogens is 1. The third-order valence-corrected chi connectivity index (χ3v) is 5.45. The van der Waals surface area contributed by atoms with E-state index in [9.17, 15) is 4.79 Å². The summed E-state index contributed by atoms with van der Waals surface area (Å²) in [6.45, 7) is 0. The van der Waals surface area contributed by atoms with Crippen molar-refractivity contribution in [2.75, 3.05) is 5.32 Å². The number of carbonyl (C=O) groups excluding carboxylic acids is 1. The first-order valence-corrected chi connectivity index (χ1v) is 10.1. The zero-order chi connectivity index (χ0) is 19.8. The Morgan fingerprint density at radius 1 is 0.759 bits per heavy atom. The molecule has 0 bridgehead atoms. The average molecular weight is 442 g/mol. The van der Waals surface area contributed by atoms with Gasteiger partial charge in [-0.25, -0.2) is 0 Å². The second kappa shape index (κ2) is 7.22. The maximum atomic E-state index is 12.8. The minimum absolute atomic E-state index is 0.157. The first-order chi connectivity index (χ1) is 14.2. The van der Waals surface area contributed by atoms with Crippen LogP contribution in [0.2, 0.25) is 0 Å². The minimum Gasteiger partial charge on any atom is -0.455 e. The number of carbonyl (C=O) groups is 1. The van der Waals surface area contributed by atoms with Crippen LogP contribution in [-0.4, -0.2) is 5.91 Å². The molecule has 3 nitrogen and oxygen atoms in total. The fourth-order valence-corrected chi connectivity index (χ4v) is 4.01. The van der Waals surface area contributed by atoms with Crippen molar-refractivity contribution in [2.24, 2.45) is 0 Å². The maximum absolute atomic E-state index is 12.8. The van der Waals surface area contributed by atoms with Crippen LogP contribution in [0.4, 0.5) is 5.69 Å². The van der Waals surface area contributed by atoms with Crippen molar-refractivity contribution < 1.29 is 9.21 Å². The molecule has 29 heavy (non-hydrogen) atoms. The number of fused-ring (bicyclic) bond motifs is 3. The van der Waals surface area contributed by atoms with Crippen molar-refractivity contribution in [3.8, 4) is 11.1 Å². The van der Waals surface area contributed by atoms with Gasteiger partial charge in [-0.1, -0.05) is 76.6 Å². The summed E-state index contributed by atoms with van der Waals surface area (Å²) in [7, 11) is 0. The molecule has 1 heterocycles. The van der Waals surface area contributed by atoms with Crippen molar-refractivity contribution in [1.82, 2.24) is 0 Å². The number of anilines is 1.